The van der Waals surface area contributed by atoms with Crippen molar-refractivity contribution in [3.05, 3.63) is 12.2 Å². The van der Waals surface area contributed by atoms with Crippen LogP contribution in [0.5, 0.6) is 0 Å². The summed E-state index contributed by atoms with van der Waals surface area (Å²) >= 11 is 0. The van der Waals surface area contributed by atoms with Crippen molar-refractivity contribution in [1.82, 2.24) is 5.32 Å². The SMILES string of the molecule is C=C(C)CCC(NCCC)C1CC2CCC1C2. The van der Waals surface area contributed by atoms with E-state index in [1.807, 2.05) is 0 Å². The first-order chi connectivity index (χ1) is 8.20. The molecule has 2 fully saturated rings. The summed E-state index contributed by atoms with van der Waals surface area (Å²) in [7, 11) is 0. The molecule has 0 aromatic heterocycles. The predicted molar refractivity (Wildman–Crippen MR) is 75.1 cm³/mol. The van der Waals surface area contributed by atoms with Crippen LogP contribution in [-0.4, -0.2) is 12.6 Å². The van der Waals surface area contributed by atoms with Gasteiger partial charge in [-0.2, -0.15) is 0 Å². The lowest BCUT2D eigenvalue weighted by atomic mass is 9.81. The van der Waals surface area contributed by atoms with Crippen LogP contribution in [0.25, 0.3) is 0 Å². The minimum absolute atomic E-state index is 0.766. The van der Waals surface area contributed by atoms with Gasteiger partial charge in [0.1, 0.15) is 0 Å². The molecule has 0 aromatic carbocycles. The number of hydrogen-bond acceptors (Lipinski definition) is 1. The standard InChI is InChI=1S/C16H29N/c1-4-9-17-16(8-5-12(2)3)15-11-13-6-7-14(15)10-13/h13-17H,2,4-11H2,1,3H3. The quantitative estimate of drug-likeness (QED) is 0.654. The van der Waals surface area contributed by atoms with Crippen molar-refractivity contribution in [3.8, 4) is 0 Å². The molecule has 98 valence electrons. The number of rotatable bonds is 7. The van der Waals surface area contributed by atoms with Crippen LogP contribution < -0.4 is 5.32 Å². The molecule has 0 aliphatic heterocycles. The Labute approximate surface area is 107 Å². The van der Waals surface area contributed by atoms with E-state index in [1.165, 1.54) is 57.1 Å². The summed E-state index contributed by atoms with van der Waals surface area (Å²) in [4.78, 5) is 0. The third-order valence-corrected chi connectivity index (χ3v) is 4.85. The molecule has 1 heteroatoms. The van der Waals surface area contributed by atoms with Gasteiger partial charge in [0.05, 0.1) is 0 Å². The molecule has 0 spiro atoms. The number of allylic oxidation sites excluding steroid dienone is 1. The number of hydrogen-bond donors (Lipinski definition) is 1. The Morgan fingerprint density at radius 1 is 1.35 bits per heavy atom. The Balaban J connectivity index is 1.87. The predicted octanol–water partition coefficient (Wildman–Crippen LogP) is 4.15. The highest BCUT2D eigenvalue weighted by Crippen LogP contribution is 2.50. The number of fused-ring (bicyclic) bond motifs is 2. The van der Waals surface area contributed by atoms with Crippen LogP contribution >= 0.6 is 0 Å². The number of nitrogens with one attached hydrogen (secondary N) is 1. The lowest BCUT2D eigenvalue weighted by Crippen LogP contribution is -2.39. The van der Waals surface area contributed by atoms with Crippen molar-refractivity contribution < 1.29 is 0 Å². The highest BCUT2D eigenvalue weighted by atomic mass is 14.9. The maximum atomic E-state index is 4.05. The van der Waals surface area contributed by atoms with E-state index >= 15 is 0 Å². The van der Waals surface area contributed by atoms with Crippen LogP contribution in [0.4, 0.5) is 0 Å². The molecule has 2 bridgehead atoms. The largest absolute Gasteiger partial charge is 0.314 e. The van der Waals surface area contributed by atoms with Gasteiger partial charge in [0, 0.05) is 6.04 Å². The normalized spacial score (nSPS) is 32.9. The molecule has 2 aliphatic carbocycles. The fourth-order valence-corrected chi connectivity index (χ4v) is 3.99. The van der Waals surface area contributed by atoms with E-state index < -0.39 is 0 Å². The molecule has 2 saturated carbocycles. The van der Waals surface area contributed by atoms with Gasteiger partial charge < -0.3 is 5.32 Å². The highest BCUT2D eigenvalue weighted by Gasteiger charge is 2.42. The Kier molecular flexibility index (Phi) is 4.67. The molecule has 17 heavy (non-hydrogen) atoms. The Morgan fingerprint density at radius 3 is 2.71 bits per heavy atom. The molecule has 2 aliphatic rings. The van der Waals surface area contributed by atoms with Gasteiger partial charge in [-0.15, -0.1) is 6.58 Å². The van der Waals surface area contributed by atoms with Gasteiger partial charge in [0.2, 0.25) is 0 Å². The first kappa shape index (κ1) is 13.1. The summed E-state index contributed by atoms with van der Waals surface area (Å²) in [5.74, 6) is 3.08. The van der Waals surface area contributed by atoms with Crippen LogP contribution in [0.1, 0.15) is 58.8 Å². The molecule has 0 radical (unpaired) electrons. The first-order valence-electron chi connectivity index (χ1n) is 7.58. The topological polar surface area (TPSA) is 12.0 Å². The third kappa shape index (κ3) is 3.34. The van der Waals surface area contributed by atoms with E-state index in [1.54, 1.807) is 0 Å². The zero-order valence-corrected chi connectivity index (χ0v) is 11.7. The van der Waals surface area contributed by atoms with Gasteiger partial charge >= 0.3 is 0 Å². The maximum absolute atomic E-state index is 4.05. The van der Waals surface area contributed by atoms with Gasteiger partial charge in [-0.3, -0.25) is 0 Å². The van der Waals surface area contributed by atoms with Crippen LogP contribution in [0.15, 0.2) is 12.2 Å². The van der Waals surface area contributed by atoms with Crippen LogP contribution in [0.2, 0.25) is 0 Å². The van der Waals surface area contributed by atoms with Crippen LogP contribution in [0, 0.1) is 17.8 Å². The zero-order chi connectivity index (χ0) is 12.3. The van der Waals surface area contributed by atoms with E-state index in [2.05, 4.69) is 25.7 Å². The molecule has 4 atom stereocenters. The van der Waals surface area contributed by atoms with Gasteiger partial charge in [0.15, 0.2) is 0 Å². The molecule has 0 aromatic rings. The average Bonchev–Trinajstić information content (AvgIpc) is 2.90. The monoisotopic (exact) mass is 235 g/mol. The summed E-state index contributed by atoms with van der Waals surface area (Å²) in [5, 5.41) is 3.81. The summed E-state index contributed by atoms with van der Waals surface area (Å²) in [6.07, 6.45) is 9.82. The van der Waals surface area contributed by atoms with Crippen LogP contribution in [-0.2, 0) is 0 Å². The lowest BCUT2D eigenvalue weighted by molar-refractivity contribution is 0.239. The molecule has 0 saturated heterocycles. The van der Waals surface area contributed by atoms with E-state index in [-0.39, 0.29) is 0 Å². The summed E-state index contributed by atoms with van der Waals surface area (Å²) in [5.41, 5.74) is 1.34. The van der Waals surface area contributed by atoms with Gasteiger partial charge in [-0.1, -0.05) is 18.9 Å². The van der Waals surface area contributed by atoms with Crippen molar-refractivity contribution in [2.45, 2.75) is 64.8 Å². The highest BCUT2D eigenvalue weighted by molar-refractivity contribution is 4.97. The van der Waals surface area contributed by atoms with Gasteiger partial charge in [-0.25, -0.2) is 0 Å². The third-order valence-electron chi connectivity index (χ3n) is 4.85. The molecule has 2 rings (SSSR count). The Bertz CT molecular complexity index is 258. The lowest BCUT2D eigenvalue weighted by Gasteiger charge is -2.31. The minimum atomic E-state index is 0.766. The second-order valence-electron chi connectivity index (χ2n) is 6.40. The molecule has 1 nitrogen and oxygen atoms in total. The second kappa shape index (κ2) is 6.04. The fraction of sp³-hybridized carbons (Fsp3) is 0.875. The molecule has 0 heterocycles. The first-order valence-corrected chi connectivity index (χ1v) is 7.58. The van der Waals surface area contributed by atoms with Crippen molar-refractivity contribution in [2.75, 3.05) is 6.54 Å². The zero-order valence-electron chi connectivity index (χ0n) is 11.7. The smallest absolute Gasteiger partial charge is 0.0101 e. The fourth-order valence-electron chi connectivity index (χ4n) is 3.99. The Morgan fingerprint density at radius 2 is 2.18 bits per heavy atom. The summed E-state index contributed by atoms with van der Waals surface area (Å²) in [6.45, 7) is 9.68. The van der Waals surface area contributed by atoms with E-state index in [0.29, 0.717) is 0 Å². The van der Waals surface area contributed by atoms with Crippen LogP contribution in [0.3, 0.4) is 0 Å². The average molecular weight is 235 g/mol. The summed E-state index contributed by atoms with van der Waals surface area (Å²) < 4.78 is 0. The van der Waals surface area contributed by atoms with Crippen molar-refractivity contribution in [2.24, 2.45) is 17.8 Å². The van der Waals surface area contributed by atoms with Gasteiger partial charge in [-0.05, 0) is 69.7 Å². The molecular weight excluding hydrogens is 206 g/mol. The molecule has 4 unspecified atom stereocenters. The van der Waals surface area contributed by atoms with E-state index in [4.69, 9.17) is 0 Å². The van der Waals surface area contributed by atoms with Crippen molar-refractivity contribution in [1.29, 1.82) is 0 Å². The minimum Gasteiger partial charge on any atom is -0.314 e. The van der Waals surface area contributed by atoms with E-state index in [9.17, 15) is 0 Å². The molecule has 0 amide bonds. The van der Waals surface area contributed by atoms with Crippen molar-refractivity contribution in [3.63, 3.8) is 0 Å². The molecule has 1 N–H and O–H groups in total. The van der Waals surface area contributed by atoms with Gasteiger partial charge in [0.25, 0.3) is 0 Å². The Hall–Kier alpha value is -0.300. The second-order valence-corrected chi connectivity index (χ2v) is 6.40. The summed E-state index contributed by atoms with van der Waals surface area (Å²) in [6, 6.07) is 0.766. The maximum Gasteiger partial charge on any atom is 0.0101 e. The molecular formula is C16H29N. The van der Waals surface area contributed by atoms with E-state index in [0.717, 1.165) is 23.8 Å². The van der Waals surface area contributed by atoms with Crippen molar-refractivity contribution >= 4 is 0 Å².